The van der Waals surface area contributed by atoms with Gasteiger partial charge in [0.1, 0.15) is 13.2 Å². The fourth-order valence-corrected chi connectivity index (χ4v) is 3.86. The van der Waals surface area contributed by atoms with Gasteiger partial charge >= 0.3 is 0 Å². The van der Waals surface area contributed by atoms with E-state index in [0.717, 1.165) is 30.9 Å². The van der Waals surface area contributed by atoms with Crippen LogP contribution in [0.3, 0.4) is 0 Å². The number of nitrogens with zero attached hydrogens (tertiary/aromatic N) is 1. The number of anilines is 1. The minimum Gasteiger partial charge on any atom is -0.486 e. The van der Waals surface area contributed by atoms with Crippen LogP contribution in [0.2, 0.25) is 0 Å². The lowest BCUT2D eigenvalue weighted by molar-refractivity contribution is -0.136. The molecule has 2 aromatic rings. The maximum Gasteiger partial charge on any atom is 0.244 e. The van der Waals surface area contributed by atoms with Crippen LogP contribution in [-0.2, 0) is 11.3 Å². The minimum atomic E-state index is -0.495. The Morgan fingerprint density at radius 3 is 2.56 bits per heavy atom. The van der Waals surface area contributed by atoms with Crippen LogP contribution in [-0.4, -0.2) is 42.4 Å². The van der Waals surface area contributed by atoms with Gasteiger partial charge in [-0.05, 0) is 49.4 Å². The smallest absolute Gasteiger partial charge is 0.244 e. The molecule has 1 atom stereocenters. The van der Waals surface area contributed by atoms with Crippen molar-refractivity contribution < 1.29 is 14.3 Å². The van der Waals surface area contributed by atoms with Gasteiger partial charge in [0.05, 0.1) is 5.54 Å². The first-order valence-corrected chi connectivity index (χ1v) is 10.4. The Bertz CT molecular complexity index is 840. The monoisotopic (exact) mass is 384 g/mol. The van der Waals surface area contributed by atoms with E-state index >= 15 is 0 Å². The van der Waals surface area contributed by atoms with E-state index in [1.807, 2.05) is 25.1 Å². The summed E-state index contributed by atoms with van der Waals surface area (Å²) in [5, 5.41) is 3.05. The molecule has 1 saturated heterocycles. The van der Waals surface area contributed by atoms with Crippen molar-refractivity contribution >= 4 is 23.4 Å². The molecule has 2 heterocycles. The zero-order chi connectivity index (χ0) is 18.9. The molecule has 27 heavy (non-hydrogen) atoms. The zero-order valence-electron chi connectivity index (χ0n) is 15.7. The highest BCUT2D eigenvalue weighted by Gasteiger charge is 2.46. The molecule has 0 saturated carbocycles. The standard InChI is InChI=1S/C21H24N2O3S/c1-21(9-10-23(21)14-15-3-6-17(27-2)7-4-15)20(24)22-16-5-8-18-19(13-16)26-12-11-25-18/h3-8,13H,9-12,14H2,1-2H3,(H,22,24). The number of nitrogens with one attached hydrogen (secondary N) is 1. The average Bonchev–Trinajstić information content (AvgIpc) is 2.71. The molecule has 0 spiro atoms. The molecule has 1 fully saturated rings. The van der Waals surface area contributed by atoms with E-state index in [0.29, 0.717) is 19.0 Å². The summed E-state index contributed by atoms with van der Waals surface area (Å²) in [7, 11) is 0. The molecular weight excluding hydrogens is 360 g/mol. The van der Waals surface area contributed by atoms with E-state index < -0.39 is 5.54 Å². The third kappa shape index (κ3) is 3.64. The molecule has 1 N–H and O–H groups in total. The van der Waals surface area contributed by atoms with Crippen molar-refractivity contribution in [3.05, 3.63) is 48.0 Å². The van der Waals surface area contributed by atoms with E-state index in [-0.39, 0.29) is 5.91 Å². The number of hydrogen-bond donors (Lipinski definition) is 1. The number of likely N-dealkylation sites (tertiary alicyclic amines) is 1. The predicted octanol–water partition coefficient (Wildman–Crippen LogP) is 3.78. The van der Waals surface area contributed by atoms with Crippen molar-refractivity contribution in [3.63, 3.8) is 0 Å². The summed E-state index contributed by atoms with van der Waals surface area (Å²) >= 11 is 1.73. The third-order valence-corrected chi connectivity index (χ3v) is 6.13. The molecule has 0 radical (unpaired) electrons. The Morgan fingerprint density at radius 2 is 1.89 bits per heavy atom. The molecule has 2 aliphatic rings. The van der Waals surface area contributed by atoms with Crippen molar-refractivity contribution in [2.75, 3.05) is 31.3 Å². The molecule has 5 nitrogen and oxygen atoms in total. The highest BCUT2D eigenvalue weighted by atomic mass is 32.2. The lowest BCUT2D eigenvalue weighted by Crippen LogP contribution is -2.63. The topological polar surface area (TPSA) is 50.8 Å². The summed E-state index contributed by atoms with van der Waals surface area (Å²) in [5.74, 6) is 1.43. The Labute approximate surface area is 164 Å². The van der Waals surface area contributed by atoms with Gasteiger partial charge in [-0.15, -0.1) is 11.8 Å². The summed E-state index contributed by atoms with van der Waals surface area (Å²) in [6.07, 6.45) is 2.93. The summed E-state index contributed by atoms with van der Waals surface area (Å²) < 4.78 is 11.1. The van der Waals surface area contributed by atoms with Gasteiger partial charge in [0.2, 0.25) is 5.91 Å². The lowest BCUT2D eigenvalue weighted by Gasteiger charge is -2.49. The zero-order valence-corrected chi connectivity index (χ0v) is 16.5. The Balaban J connectivity index is 1.42. The van der Waals surface area contributed by atoms with Gasteiger partial charge in [0.25, 0.3) is 0 Å². The first-order chi connectivity index (χ1) is 13.1. The van der Waals surface area contributed by atoms with Gasteiger partial charge in [0, 0.05) is 29.7 Å². The van der Waals surface area contributed by atoms with Gasteiger partial charge in [-0.3, -0.25) is 9.69 Å². The highest BCUT2D eigenvalue weighted by Crippen LogP contribution is 2.36. The number of carbonyl (C=O) groups is 1. The number of rotatable bonds is 5. The molecule has 0 aromatic heterocycles. The van der Waals surface area contributed by atoms with Crippen LogP contribution in [0.25, 0.3) is 0 Å². The molecule has 1 amide bonds. The third-order valence-electron chi connectivity index (χ3n) is 5.39. The average molecular weight is 385 g/mol. The summed E-state index contributed by atoms with van der Waals surface area (Å²) in [6, 6.07) is 14.1. The van der Waals surface area contributed by atoms with Gasteiger partial charge < -0.3 is 14.8 Å². The van der Waals surface area contributed by atoms with Crippen LogP contribution < -0.4 is 14.8 Å². The fourth-order valence-electron chi connectivity index (χ4n) is 3.45. The van der Waals surface area contributed by atoms with Gasteiger partial charge in [-0.2, -0.15) is 0 Å². The SMILES string of the molecule is CSc1ccc(CN2CCC2(C)C(=O)Nc2ccc3c(c2)OCCO3)cc1. The Kier molecular flexibility index (Phi) is 5.02. The van der Waals surface area contributed by atoms with E-state index in [2.05, 4.69) is 40.7 Å². The lowest BCUT2D eigenvalue weighted by atomic mass is 9.85. The van der Waals surface area contributed by atoms with Gasteiger partial charge in [-0.25, -0.2) is 0 Å². The van der Waals surface area contributed by atoms with Crippen LogP contribution in [0.5, 0.6) is 11.5 Å². The molecule has 0 aliphatic carbocycles. The maximum atomic E-state index is 13.0. The fraction of sp³-hybridized carbons (Fsp3) is 0.381. The summed E-state index contributed by atoms with van der Waals surface area (Å²) in [6.45, 7) is 4.81. The van der Waals surface area contributed by atoms with Crippen molar-refractivity contribution in [1.82, 2.24) is 4.90 Å². The number of hydrogen-bond acceptors (Lipinski definition) is 5. The molecular formula is C21H24N2O3S. The second-order valence-corrected chi connectivity index (χ2v) is 7.99. The molecule has 4 rings (SSSR count). The normalized spacial score (nSPS) is 21.4. The van der Waals surface area contributed by atoms with E-state index in [4.69, 9.17) is 9.47 Å². The Morgan fingerprint density at radius 1 is 1.15 bits per heavy atom. The van der Waals surface area contributed by atoms with Crippen molar-refractivity contribution in [3.8, 4) is 11.5 Å². The predicted molar refractivity (Wildman–Crippen MR) is 108 cm³/mol. The number of ether oxygens (including phenoxy) is 2. The van der Waals surface area contributed by atoms with Gasteiger partial charge in [0.15, 0.2) is 11.5 Å². The number of carbonyl (C=O) groups excluding carboxylic acids is 1. The second kappa shape index (κ2) is 7.44. The van der Waals surface area contributed by atoms with Crippen molar-refractivity contribution in [1.29, 1.82) is 0 Å². The number of amides is 1. The highest BCUT2D eigenvalue weighted by molar-refractivity contribution is 7.98. The quantitative estimate of drug-likeness (QED) is 0.795. The molecule has 142 valence electrons. The Hall–Kier alpha value is -2.18. The molecule has 6 heteroatoms. The van der Waals surface area contributed by atoms with E-state index in [1.165, 1.54) is 10.5 Å². The summed E-state index contributed by atoms with van der Waals surface area (Å²) in [4.78, 5) is 16.4. The summed E-state index contributed by atoms with van der Waals surface area (Å²) in [5.41, 5.74) is 1.47. The van der Waals surface area contributed by atoms with Crippen molar-refractivity contribution in [2.45, 2.75) is 30.3 Å². The molecule has 2 aromatic carbocycles. The second-order valence-electron chi connectivity index (χ2n) is 7.11. The number of benzene rings is 2. The largest absolute Gasteiger partial charge is 0.486 e. The molecule has 2 aliphatic heterocycles. The molecule has 1 unspecified atom stereocenters. The minimum absolute atomic E-state index is 0.0196. The van der Waals surface area contributed by atoms with E-state index in [9.17, 15) is 4.79 Å². The first kappa shape index (κ1) is 18.2. The van der Waals surface area contributed by atoms with E-state index in [1.54, 1.807) is 11.8 Å². The van der Waals surface area contributed by atoms with Crippen molar-refractivity contribution in [2.24, 2.45) is 0 Å². The maximum absolute atomic E-state index is 13.0. The van der Waals surface area contributed by atoms with Crippen LogP contribution in [0.15, 0.2) is 47.4 Å². The van der Waals surface area contributed by atoms with Crippen LogP contribution >= 0.6 is 11.8 Å². The van der Waals surface area contributed by atoms with Crippen LogP contribution in [0.4, 0.5) is 5.69 Å². The number of thioether (sulfide) groups is 1. The van der Waals surface area contributed by atoms with Crippen LogP contribution in [0, 0.1) is 0 Å². The first-order valence-electron chi connectivity index (χ1n) is 9.17. The van der Waals surface area contributed by atoms with Crippen LogP contribution in [0.1, 0.15) is 18.9 Å². The molecule has 0 bridgehead atoms. The number of fused-ring (bicyclic) bond motifs is 1. The van der Waals surface area contributed by atoms with Gasteiger partial charge in [-0.1, -0.05) is 12.1 Å².